The van der Waals surface area contributed by atoms with E-state index in [-0.39, 0.29) is 0 Å². The molecule has 84 valence electrons. The van der Waals surface area contributed by atoms with E-state index in [1.807, 2.05) is 0 Å². The number of aryl methyl sites for hydroxylation is 2. The van der Waals surface area contributed by atoms with E-state index in [0.29, 0.717) is 0 Å². The van der Waals surface area contributed by atoms with Crippen LogP contribution in [0.15, 0.2) is 23.1 Å². The van der Waals surface area contributed by atoms with Crippen LogP contribution in [0.25, 0.3) is 0 Å². The third kappa shape index (κ3) is 3.90. The van der Waals surface area contributed by atoms with Gasteiger partial charge < -0.3 is 0 Å². The van der Waals surface area contributed by atoms with Crippen molar-refractivity contribution < 1.29 is 0 Å². The highest BCUT2D eigenvalue weighted by Crippen LogP contribution is 2.22. The average Bonchev–Trinajstić information content (AvgIpc) is 2.26. The van der Waals surface area contributed by atoms with Crippen molar-refractivity contribution in [3.63, 3.8) is 0 Å². The van der Waals surface area contributed by atoms with Crippen LogP contribution < -0.4 is 0 Å². The largest absolute Gasteiger partial charge is 0.143 e. The molecule has 0 atom stereocenters. The Bertz CT molecular complexity index is 265. The number of hydrogen-bond acceptors (Lipinski definition) is 1. The van der Waals surface area contributed by atoms with E-state index in [9.17, 15) is 0 Å². The zero-order chi connectivity index (χ0) is 11.1. The van der Waals surface area contributed by atoms with E-state index < -0.39 is 0 Å². The second-order valence-electron chi connectivity index (χ2n) is 4.13. The minimum absolute atomic E-state index is 1.18. The molecule has 0 saturated heterocycles. The molecule has 0 fully saturated rings. The first-order valence-electron chi connectivity index (χ1n) is 6.09. The van der Waals surface area contributed by atoms with Crippen LogP contribution in [0.4, 0.5) is 0 Å². The van der Waals surface area contributed by atoms with Crippen molar-refractivity contribution in [1.29, 1.82) is 0 Å². The summed E-state index contributed by atoms with van der Waals surface area (Å²) in [6.07, 6.45) is 7.40. The van der Waals surface area contributed by atoms with E-state index >= 15 is 0 Å². The predicted molar refractivity (Wildman–Crippen MR) is 70.9 cm³/mol. The number of rotatable bonds is 6. The fourth-order valence-corrected chi connectivity index (χ4v) is 2.16. The van der Waals surface area contributed by atoms with Gasteiger partial charge in [0.25, 0.3) is 0 Å². The minimum Gasteiger partial charge on any atom is -0.143 e. The van der Waals surface area contributed by atoms with E-state index in [1.54, 1.807) is 0 Å². The molecule has 0 N–H and O–H groups in total. The summed E-state index contributed by atoms with van der Waals surface area (Å²) in [4.78, 5) is 1.24. The van der Waals surface area contributed by atoms with Crippen molar-refractivity contribution in [3.8, 4) is 0 Å². The van der Waals surface area contributed by atoms with Crippen molar-refractivity contribution >= 4 is 12.6 Å². The van der Waals surface area contributed by atoms with Gasteiger partial charge in [0.1, 0.15) is 0 Å². The summed E-state index contributed by atoms with van der Waals surface area (Å²) >= 11 is 4.66. The van der Waals surface area contributed by atoms with Crippen LogP contribution in [0.3, 0.4) is 0 Å². The van der Waals surface area contributed by atoms with Gasteiger partial charge >= 0.3 is 0 Å². The van der Waals surface area contributed by atoms with Gasteiger partial charge in [0.05, 0.1) is 0 Å². The third-order valence-electron chi connectivity index (χ3n) is 2.80. The third-order valence-corrected chi connectivity index (χ3v) is 3.38. The Kier molecular flexibility index (Phi) is 5.85. The van der Waals surface area contributed by atoms with Crippen LogP contribution in [0.1, 0.15) is 50.7 Å². The van der Waals surface area contributed by atoms with Gasteiger partial charge in [-0.2, -0.15) is 0 Å². The Balaban J connectivity index is 2.71. The van der Waals surface area contributed by atoms with Crippen LogP contribution >= 0.6 is 12.6 Å². The summed E-state index contributed by atoms with van der Waals surface area (Å²) in [5, 5.41) is 0. The van der Waals surface area contributed by atoms with E-state index in [4.69, 9.17) is 0 Å². The minimum atomic E-state index is 1.18. The molecule has 0 aromatic heterocycles. The molecular formula is C14H22S. The maximum Gasteiger partial charge on any atom is 0.0104 e. The maximum absolute atomic E-state index is 4.66. The lowest BCUT2D eigenvalue weighted by Gasteiger charge is -2.09. The number of benzene rings is 1. The first-order valence-corrected chi connectivity index (χ1v) is 6.54. The monoisotopic (exact) mass is 222 g/mol. The molecule has 0 unspecified atom stereocenters. The van der Waals surface area contributed by atoms with Crippen molar-refractivity contribution in [2.45, 2.75) is 57.3 Å². The molecule has 1 rings (SSSR count). The van der Waals surface area contributed by atoms with Gasteiger partial charge in [-0.25, -0.2) is 0 Å². The first kappa shape index (κ1) is 12.6. The molecule has 0 bridgehead atoms. The summed E-state index contributed by atoms with van der Waals surface area (Å²) < 4.78 is 0. The zero-order valence-corrected chi connectivity index (χ0v) is 10.8. The van der Waals surface area contributed by atoms with Crippen LogP contribution in [-0.4, -0.2) is 0 Å². The van der Waals surface area contributed by atoms with Crippen molar-refractivity contribution in [2.75, 3.05) is 0 Å². The summed E-state index contributed by atoms with van der Waals surface area (Å²) in [6, 6.07) is 6.61. The van der Waals surface area contributed by atoms with Crippen LogP contribution in [0, 0.1) is 0 Å². The van der Waals surface area contributed by atoms with Crippen LogP contribution in [-0.2, 0) is 12.8 Å². The quantitative estimate of drug-likeness (QED) is 0.665. The molecule has 0 aliphatic carbocycles. The van der Waals surface area contributed by atoms with E-state index in [0.717, 1.165) is 0 Å². The molecule has 0 spiro atoms. The Labute approximate surface area is 99.5 Å². The van der Waals surface area contributed by atoms with Gasteiger partial charge in [0.15, 0.2) is 0 Å². The van der Waals surface area contributed by atoms with Gasteiger partial charge in [-0.3, -0.25) is 0 Å². The average molecular weight is 222 g/mol. The van der Waals surface area contributed by atoms with Gasteiger partial charge in [-0.1, -0.05) is 44.9 Å². The highest BCUT2D eigenvalue weighted by atomic mass is 32.1. The summed E-state index contributed by atoms with van der Waals surface area (Å²) in [5.74, 6) is 0. The summed E-state index contributed by atoms with van der Waals surface area (Å²) in [5.41, 5.74) is 2.85. The van der Waals surface area contributed by atoms with Gasteiger partial charge in [-0.05, 0) is 36.8 Å². The molecule has 0 amide bonds. The zero-order valence-electron chi connectivity index (χ0n) is 9.92. The Hall–Kier alpha value is -0.430. The molecule has 1 heteroatoms. The van der Waals surface area contributed by atoms with Crippen molar-refractivity contribution in [3.05, 3.63) is 29.3 Å². The highest BCUT2D eigenvalue weighted by molar-refractivity contribution is 7.80. The Morgan fingerprint density at radius 1 is 0.933 bits per heavy atom. The lowest BCUT2D eigenvalue weighted by Crippen LogP contribution is -1.93. The Morgan fingerprint density at radius 2 is 1.40 bits per heavy atom. The van der Waals surface area contributed by atoms with Gasteiger partial charge in [0, 0.05) is 4.90 Å². The second kappa shape index (κ2) is 6.95. The molecule has 1 aromatic rings. The SMILES string of the molecule is CCCCc1cccc(CCCC)c1S. The van der Waals surface area contributed by atoms with Crippen molar-refractivity contribution in [1.82, 2.24) is 0 Å². The lowest BCUT2D eigenvalue weighted by molar-refractivity contribution is 0.762. The van der Waals surface area contributed by atoms with Crippen LogP contribution in [0.5, 0.6) is 0 Å². The van der Waals surface area contributed by atoms with Gasteiger partial charge in [-0.15, -0.1) is 12.6 Å². The smallest absolute Gasteiger partial charge is 0.0104 e. The number of thiol groups is 1. The number of hydrogen-bond donors (Lipinski definition) is 1. The van der Waals surface area contributed by atoms with Crippen molar-refractivity contribution in [2.24, 2.45) is 0 Å². The number of unbranched alkanes of at least 4 members (excludes halogenated alkanes) is 2. The normalized spacial score (nSPS) is 10.6. The Morgan fingerprint density at radius 3 is 1.80 bits per heavy atom. The van der Waals surface area contributed by atoms with Crippen LogP contribution in [0.2, 0.25) is 0 Å². The first-order chi connectivity index (χ1) is 7.29. The summed E-state index contributed by atoms with van der Waals surface area (Å²) in [6.45, 7) is 4.47. The fraction of sp³-hybridized carbons (Fsp3) is 0.571. The standard InChI is InChI=1S/C14H22S/c1-3-5-8-12-10-7-11-13(14(12)15)9-6-4-2/h7,10-11,15H,3-6,8-9H2,1-2H3. The molecule has 0 nitrogen and oxygen atoms in total. The summed E-state index contributed by atoms with van der Waals surface area (Å²) in [7, 11) is 0. The molecule has 0 aliphatic rings. The fourth-order valence-electron chi connectivity index (χ4n) is 1.78. The maximum atomic E-state index is 4.66. The molecule has 0 aliphatic heterocycles. The van der Waals surface area contributed by atoms with E-state index in [1.165, 1.54) is 54.5 Å². The van der Waals surface area contributed by atoms with Gasteiger partial charge in [0.2, 0.25) is 0 Å². The molecule has 0 heterocycles. The van der Waals surface area contributed by atoms with E-state index in [2.05, 4.69) is 44.7 Å². The molecule has 0 saturated carbocycles. The lowest BCUT2D eigenvalue weighted by atomic mass is 10.0. The molecular weight excluding hydrogens is 200 g/mol. The second-order valence-corrected chi connectivity index (χ2v) is 4.58. The predicted octanol–water partition coefficient (Wildman–Crippen LogP) is 4.66. The highest BCUT2D eigenvalue weighted by Gasteiger charge is 2.03. The topological polar surface area (TPSA) is 0 Å². The molecule has 1 aromatic carbocycles. The molecule has 15 heavy (non-hydrogen) atoms. The molecule has 0 radical (unpaired) electrons.